The van der Waals surface area contributed by atoms with Crippen molar-refractivity contribution in [2.45, 2.75) is 40.2 Å². The van der Waals surface area contributed by atoms with Crippen molar-refractivity contribution in [2.24, 2.45) is 0 Å². The first-order valence-electron chi connectivity index (χ1n) is 8.75. The van der Waals surface area contributed by atoms with Crippen LogP contribution in [0.5, 0.6) is 0 Å². The van der Waals surface area contributed by atoms with E-state index in [1.807, 2.05) is 26.8 Å². The van der Waals surface area contributed by atoms with E-state index in [0.717, 1.165) is 0 Å². The Balaban J connectivity index is 2.37. The van der Waals surface area contributed by atoms with Crippen LogP contribution in [0.15, 0.2) is 30.3 Å². The lowest BCUT2D eigenvalue weighted by atomic mass is 10.00. The number of carbonyl (C=O) groups excluding carboxylic acids is 3. The summed E-state index contributed by atoms with van der Waals surface area (Å²) in [6.07, 6.45) is 0. The van der Waals surface area contributed by atoms with Gasteiger partial charge in [0, 0.05) is 22.4 Å². The molecule has 27 heavy (non-hydrogen) atoms. The van der Waals surface area contributed by atoms with Gasteiger partial charge in [-0.25, -0.2) is 4.79 Å². The van der Waals surface area contributed by atoms with Gasteiger partial charge in [0.05, 0.1) is 13.7 Å². The summed E-state index contributed by atoms with van der Waals surface area (Å²) in [4.78, 5) is 42.4. The van der Waals surface area contributed by atoms with E-state index >= 15 is 0 Å². The number of nitrogens with one attached hydrogen (secondary N) is 1. The molecule has 0 fully saturated rings. The highest BCUT2D eigenvalue weighted by atomic mass is 16.5. The number of hydrogen-bond donors (Lipinski definition) is 1. The number of rotatable bonds is 5. The number of carbonyl (C=O) groups is 3. The number of aromatic nitrogens is 1. The third-order valence-electron chi connectivity index (χ3n) is 4.48. The van der Waals surface area contributed by atoms with E-state index in [9.17, 15) is 14.4 Å². The topological polar surface area (TPSA) is 79.5 Å². The Morgan fingerprint density at radius 3 is 2.19 bits per heavy atom. The Hall–Kier alpha value is -2.89. The molecule has 0 saturated heterocycles. The third-order valence-corrected chi connectivity index (χ3v) is 4.48. The van der Waals surface area contributed by atoms with Crippen LogP contribution in [0.4, 0.5) is 0 Å². The van der Waals surface area contributed by atoms with E-state index in [0.29, 0.717) is 22.4 Å². The summed E-state index contributed by atoms with van der Waals surface area (Å²) in [6, 6.07) is 8.88. The minimum Gasteiger partial charge on any atom is -0.464 e. The van der Waals surface area contributed by atoms with E-state index in [-0.39, 0.29) is 23.9 Å². The van der Waals surface area contributed by atoms with E-state index < -0.39 is 11.5 Å². The fraction of sp³-hybridized carbons (Fsp3) is 0.381. The van der Waals surface area contributed by atoms with Gasteiger partial charge in [-0.05, 0) is 52.3 Å². The Labute approximate surface area is 159 Å². The van der Waals surface area contributed by atoms with Crippen LogP contribution in [0.2, 0.25) is 0 Å². The number of amides is 1. The SMILES string of the molecule is COC(=O)c1[nH]c(C)c(C(=O)CN(C(=O)c2ccccc2)C(C)(C)C)c1C. The first kappa shape index (κ1) is 20.4. The van der Waals surface area contributed by atoms with Gasteiger partial charge in [-0.1, -0.05) is 18.2 Å². The number of H-pyrrole nitrogens is 1. The predicted molar refractivity (Wildman–Crippen MR) is 103 cm³/mol. The number of ketones is 1. The van der Waals surface area contributed by atoms with E-state index in [1.165, 1.54) is 7.11 Å². The summed E-state index contributed by atoms with van der Waals surface area (Å²) in [6.45, 7) is 9.00. The van der Waals surface area contributed by atoms with Crippen LogP contribution in [0.3, 0.4) is 0 Å². The van der Waals surface area contributed by atoms with Gasteiger partial charge in [0.1, 0.15) is 5.69 Å². The van der Waals surface area contributed by atoms with Crippen molar-refractivity contribution >= 4 is 17.7 Å². The largest absolute Gasteiger partial charge is 0.464 e. The van der Waals surface area contributed by atoms with Gasteiger partial charge in [0.25, 0.3) is 5.91 Å². The Kier molecular flexibility index (Phi) is 5.88. The quantitative estimate of drug-likeness (QED) is 0.645. The summed E-state index contributed by atoms with van der Waals surface area (Å²) in [7, 11) is 1.29. The zero-order chi connectivity index (χ0) is 20.4. The molecular weight excluding hydrogens is 344 g/mol. The molecule has 1 heterocycles. The van der Waals surface area contributed by atoms with Crippen molar-refractivity contribution in [1.29, 1.82) is 0 Å². The number of aryl methyl sites for hydroxylation is 1. The number of aromatic amines is 1. The van der Waals surface area contributed by atoms with Crippen molar-refractivity contribution in [3.63, 3.8) is 0 Å². The van der Waals surface area contributed by atoms with Crippen LogP contribution >= 0.6 is 0 Å². The highest BCUT2D eigenvalue weighted by molar-refractivity contribution is 6.06. The standard InChI is InChI=1S/C21H26N2O4/c1-13-17(14(2)22-18(13)20(26)27-6)16(24)12-23(21(3,4)5)19(25)15-10-8-7-9-11-15/h7-11,22H,12H2,1-6H3. The zero-order valence-electron chi connectivity index (χ0n) is 16.7. The fourth-order valence-electron chi connectivity index (χ4n) is 3.05. The molecule has 6 heteroatoms. The average Bonchev–Trinajstić information content (AvgIpc) is 2.92. The van der Waals surface area contributed by atoms with Crippen molar-refractivity contribution in [2.75, 3.05) is 13.7 Å². The molecule has 0 bridgehead atoms. The highest BCUT2D eigenvalue weighted by Crippen LogP contribution is 2.23. The number of hydrogen-bond acceptors (Lipinski definition) is 4. The summed E-state index contributed by atoms with van der Waals surface area (Å²) in [5.41, 5.74) is 1.77. The second kappa shape index (κ2) is 7.78. The number of ether oxygens (including phenoxy) is 1. The summed E-state index contributed by atoms with van der Waals surface area (Å²) >= 11 is 0. The summed E-state index contributed by atoms with van der Waals surface area (Å²) in [5.74, 6) is -0.964. The lowest BCUT2D eigenvalue weighted by Gasteiger charge is -2.35. The molecule has 144 valence electrons. The maximum atomic E-state index is 13.0. The maximum absolute atomic E-state index is 13.0. The molecule has 2 rings (SSSR count). The monoisotopic (exact) mass is 370 g/mol. The molecule has 6 nitrogen and oxygen atoms in total. The average molecular weight is 370 g/mol. The second-order valence-corrected chi connectivity index (χ2v) is 7.47. The van der Waals surface area contributed by atoms with Gasteiger partial charge in [0.15, 0.2) is 5.78 Å². The highest BCUT2D eigenvalue weighted by Gasteiger charge is 2.31. The van der Waals surface area contributed by atoms with Gasteiger partial charge in [-0.15, -0.1) is 0 Å². The minimum atomic E-state index is -0.550. The van der Waals surface area contributed by atoms with Crippen LogP contribution in [0.1, 0.15) is 63.2 Å². The fourth-order valence-corrected chi connectivity index (χ4v) is 3.05. The normalized spacial score (nSPS) is 11.2. The second-order valence-electron chi connectivity index (χ2n) is 7.47. The number of nitrogens with zero attached hydrogens (tertiary/aromatic N) is 1. The third kappa shape index (κ3) is 4.27. The van der Waals surface area contributed by atoms with Gasteiger partial charge >= 0.3 is 5.97 Å². The molecule has 0 atom stereocenters. The molecule has 1 aromatic carbocycles. The molecular formula is C21H26N2O4. The van der Waals surface area contributed by atoms with Gasteiger partial charge < -0.3 is 14.6 Å². The summed E-state index contributed by atoms with van der Waals surface area (Å²) < 4.78 is 4.75. The first-order chi connectivity index (χ1) is 12.6. The van der Waals surface area contributed by atoms with Gasteiger partial charge in [0.2, 0.25) is 0 Å². The molecule has 0 aliphatic rings. The lowest BCUT2D eigenvalue weighted by molar-refractivity contribution is 0.0546. The Bertz CT molecular complexity index is 860. The molecule has 1 N–H and O–H groups in total. The van der Waals surface area contributed by atoms with Crippen LogP contribution in [0, 0.1) is 13.8 Å². The molecule has 0 aliphatic carbocycles. The van der Waals surface area contributed by atoms with Crippen LogP contribution in [0.25, 0.3) is 0 Å². The van der Waals surface area contributed by atoms with Crippen molar-refractivity contribution in [1.82, 2.24) is 9.88 Å². The predicted octanol–water partition coefficient (Wildman–Crippen LogP) is 3.54. The molecule has 2 aromatic rings. The maximum Gasteiger partial charge on any atom is 0.354 e. The molecule has 0 radical (unpaired) electrons. The van der Waals surface area contributed by atoms with Crippen molar-refractivity contribution < 1.29 is 19.1 Å². The van der Waals surface area contributed by atoms with Crippen LogP contribution in [-0.2, 0) is 4.74 Å². The smallest absolute Gasteiger partial charge is 0.354 e. The van der Waals surface area contributed by atoms with E-state index in [1.54, 1.807) is 43.0 Å². The van der Waals surface area contributed by atoms with Crippen molar-refractivity contribution in [3.05, 3.63) is 58.4 Å². The Morgan fingerprint density at radius 2 is 1.67 bits per heavy atom. The molecule has 1 amide bonds. The number of methoxy groups -OCH3 is 1. The van der Waals surface area contributed by atoms with Gasteiger partial charge in [-0.3, -0.25) is 9.59 Å². The first-order valence-corrected chi connectivity index (χ1v) is 8.75. The van der Waals surface area contributed by atoms with E-state index in [4.69, 9.17) is 4.74 Å². The van der Waals surface area contributed by atoms with E-state index in [2.05, 4.69) is 4.98 Å². The van der Waals surface area contributed by atoms with Crippen LogP contribution < -0.4 is 0 Å². The molecule has 0 spiro atoms. The van der Waals surface area contributed by atoms with Crippen molar-refractivity contribution in [3.8, 4) is 0 Å². The number of esters is 1. The lowest BCUT2D eigenvalue weighted by Crippen LogP contribution is -2.48. The summed E-state index contributed by atoms with van der Waals surface area (Å²) in [5, 5.41) is 0. The zero-order valence-corrected chi connectivity index (χ0v) is 16.7. The molecule has 0 unspecified atom stereocenters. The Morgan fingerprint density at radius 1 is 1.07 bits per heavy atom. The minimum absolute atomic E-state index is 0.0859. The molecule has 0 saturated carbocycles. The molecule has 1 aromatic heterocycles. The number of benzene rings is 1. The molecule has 0 aliphatic heterocycles. The van der Waals surface area contributed by atoms with Gasteiger partial charge in [-0.2, -0.15) is 0 Å². The number of Topliss-reactive ketones (excluding diaryl/α,β-unsaturated/α-hetero) is 1. The van der Waals surface area contributed by atoms with Crippen LogP contribution in [-0.4, -0.2) is 46.7 Å².